The Bertz CT molecular complexity index is 651. The van der Waals surface area contributed by atoms with E-state index in [1.807, 2.05) is 18.2 Å². The summed E-state index contributed by atoms with van der Waals surface area (Å²) in [5.41, 5.74) is 13.2. The third kappa shape index (κ3) is 6.34. The van der Waals surface area contributed by atoms with Crippen molar-refractivity contribution in [3.8, 4) is 0 Å². The Morgan fingerprint density at radius 3 is 2.46 bits per heavy atom. The lowest BCUT2D eigenvalue weighted by Gasteiger charge is -2.30. The van der Waals surface area contributed by atoms with Crippen LogP contribution in [0.15, 0.2) is 24.3 Å². The van der Waals surface area contributed by atoms with Crippen LogP contribution in [0.4, 0.5) is 5.69 Å². The first-order chi connectivity index (χ1) is 12.6. The van der Waals surface area contributed by atoms with Gasteiger partial charge in [-0.25, -0.2) is 0 Å². The monoisotopic (exact) mass is 430 g/mol. The molecular weight excluding hydrogens is 399 g/mol. The lowest BCUT2D eigenvalue weighted by Crippen LogP contribution is -2.38. The number of nitrogens with zero attached hydrogens (tertiary/aromatic N) is 1. The van der Waals surface area contributed by atoms with Crippen molar-refractivity contribution in [1.82, 2.24) is 4.90 Å². The summed E-state index contributed by atoms with van der Waals surface area (Å²) in [5, 5.41) is 3.07. The summed E-state index contributed by atoms with van der Waals surface area (Å²) in [4.78, 5) is 26.2. The SMILES string of the molecule is Cl.Cl.NC[C@H]1CCC[C@H]1C(=O)Nc1cccc(CN2CCC(C(N)=O)CC2)c1. The molecule has 0 bridgehead atoms. The third-order valence-corrected chi connectivity index (χ3v) is 5.89. The van der Waals surface area contributed by atoms with Crippen molar-refractivity contribution in [3.05, 3.63) is 29.8 Å². The number of amides is 2. The predicted octanol–water partition coefficient (Wildman–Crippen LogP) is 2.54. The molecule has 2 atom stereocenters. The number of hydrogen-bond donors (Lipinski definition) is 3. The molecule has 6 nitrogen and oxygen atoms in total. The van der Waals surface area contributed by atoms with Crippen LogP contribution in [-0.4, -0.2) is 36.3 Å². The summed E-state index contributed by atoms with van der Waals surface area (Å²) in [7, 11) is 0. The number of nitrogens with two attached hydrogens (primary N) is 2. The second kappa shape index (κ2) is 11.6. The van der Waals surface area contributed by atoms with E-state index in [2.05, 4.69) is 16.3 Å². The number of carbonyl (C=O) groups is 2. The van der Waals surface area contributed by atoms with Crippen LogP contribution in [0.2, 0.25) is 0 Å². The van der Waals surface area contributed by atoms with Crippen LogP contribution in [0.25, 0.3) is 0 Å². The first-order valence-electron chi connectivity index (χ1n) is 9.68. The minimum Gasteiger partial charge on any atom is -0.369 e. The molecule has 28 heavy (non-hydrogen) atoms. The molecule has 1 aliphatic heterocycles. The van der Waals surface area contributed by atoms with Crippen LogP contribution >= 0.6 is 24.8 Å². The van der Waals surface area contributed by atoms with Gasteiger partial charge in [0.25, 0.3) is 0 Å². The Kier molecular flexibility index (Phi) is 10.2. The van der Waals surface area contributed by atoms with Crippen molar-refractivity contribution in [1.29, 1.82) is 0 Å². The molecule has 2 fully saturated rings. The van der Waals surface area contributed by atoms with Gasteiger partial charge in [0.1, 0.15) is 0 Å². The Labute approximate surface area is 179 Å². The number of piperidine rings is 1. The smallest absolute Gasteiger partial charge is 0.227 e. The van der Waals surface area contributed by atoms with E-state index in [0.717, 1.165) is 57.4 Å². The number of halogens is 2. The van der Waals surface area contributed by atoms with Crippen LogP contribution in [0.1, 0.15) is 37.7 Å². The van der Waals surface area contributed by atoms with Gasteiger partial charge in [0.2, 0.25) is 11.8 Å². The summed E-state index contributed by atoms with van der Waals surface area (Å²) in [5.74, 6) is 0.273. The lowest BCUT2D eigenvalue weighted by atomic mass is 9.95. The fourth-order valence-electron chi connectivity index (χ4n) is 4.28. The van der Waals surface area contributed by atoms with Gasteiger partial charge in [0.05, 0.1) is 0 Å². The molecule has 1 aromatic rings. The zero-order valence-corrected chi connectivity index (χ0v) is 17.8. The molecular formula is C20H32Cl2N4O2. The van der Waals surface area contributed by atoms with Gasteiger partial charge in [-0.15, -0.1) is 24.8 Å². The maximum absolute atomic E-state index is 12.6. The maximum atomic E-state index is 12.6. The Morgan fingerprint density at radius 2 is 1.82 bits per heavy atom. The van der Waals surface area contributed by atoms with Gasteiger partial charge >= 0.3 is 0 Å². The highest BCUT2D eigenvalue weighted by atomic mass is 35.5. The molecule has 2 amide bonds. The third-order valence-electron chi connectivity index (χ3n) is 5.89. The minimum atomic E-state index is -0.183. The van der Waals surface area contributed by atoms with Gasteiger partial charge in [-0.05, 0) is 68.9 Å². The van der Waals surface area contributed by atoms with Crippen molar-refractivity contribution in [2.24, 2.45) is 29.2 Å². The Morgan fingerprint density at radius 1 is 1.11 bits per heavy atom. The van der Waals surface area contributed by atoms with Gasteiger partial charge in [0.15, 0.2) is 0 Å². The Balaban J connectivity index is 0.00000196. The van der Waals surface area contributed by atoms with Crippen LogP contribution in [-0.2, 0) is 16.1 Å². The molecule has 0 spiro atoms. The van der Waals surface area contributed by atoms with Gasteiger partial charge in [-0.2, -0.15) is 0 Å². The fraction of sp³-hybridized carbons (Fsp3) is 0.600. The van der Waals surface area contributed by atoms with Crippen LogP contribution in [0.5, 0.6) is 0 Å². The highest BCUT2D eigenvalue weighted by molar-refractivity contribution is 5.93. The molecule has 1 saturated carbocycles. The molecule has 158 valence electrons. The highest BCUT2D eigenvalue weighted by Gasteiger charge is 2.32. The standard InChI is InChI=1S/C20H30N4O2.2ClH/c21-12-16-4-2-6-18(16)20(26)23-17-5-1-3-14(11-17)13-24-9-7-15(8-10-24)19(22)25;;/h1,3,5,11,15-16,18H,2,4,6-10,12-13,21H2,(H2,22,25)(H,23,26);2*1H/t16-,18-;;/m1../s1. The minimum absolute atomic E-state index is 0. The summed E-state index contributed by atoms with van der Waals surface area (Å²) >= 11 is 0. The van der Waals surface area contributed by atoms with E-state index in [1.54, 1.807) is 0 Å². The summed E-state index contributed by atoms with van der Waals surface area (Å²) in [6.45, 7) is 3.17. The maximum Gasteiger partial charge on any atom is 0.227 e. The number of likely N-dealkylation sites (tertiary alicyclic amines) is 1. The van der Waals surface area contributed by atoms with E-state index in [1.165, 1.54) is 5.56 Å². The predicted molar refractivity (Wildman–Crippen MR) is 117 cm³/mol. The molecule has 5 N–H and O–H groups in total. The van der Waals surface area contributed by atoms with Gasteiger partial charge < -0.3 is 16.8 Å². The number of anilines is 1. The largest absolute Gasteiger partial charge is 0.369 e. The average molecular weight is 431 g/mol. The number of benzene rings is 1. The second-order valence-corrected chi connectivity index (χ2v) is 7.68. The van der Waals surface area contributed by atoms with Crippen molar-refractivity contribution in [2.45, 2.75) is 38.6 Å². The summed E-state index contributed by atoms with van der Waals surface area (Å²) in [6, 6.07) is 8.04. The average Bonchev–Trinajstić information content (AvgIpc) is 3.11. The van der Waals surface area contributed by atoms with E-state index < -0.39 is 0 Å². The molecule has 8 heteroatoms. The van der Waals surface area contributed by atoms with Crippen LogP contribution in [0.3, 0.4) is 0 Å². The van der Waals surface area contributed by atoms with E-state index in [0.29, 0.717) is 12.5 Å². The number of carbonyl (C=O) groups excluding carboxylic acids is 2. The topological polar surface area (TPSA) is 101 Å². The first kappa shape index (κ1) is 24.7. The number of primary amides is 1. The normalized spacial score (nSPS) is 22.8. The molecule has 1 heterocycles. The van der Waals surface area contributed by atoms with Crippen molar-refractivity contribution >= 4 is 42.3 Å². The fourth-order valence-corrected chi connectivity index (χ4v) is 4.28. The Hall–Kier alpha value is -1.34. The number of nitrogens with one attached hydrogen (secondary N) is 1. The molecule has 3 rings (SSSR count). The summed E-state index contributed by atoms with van der Waals surface area (Å²) in [6.07, 6.45) is 4.72. The van der Waals surface area contributed by atoms with Gasteiger partial charge in [-0.3, -0.25) is 14.5 Å². The second-order valence-electron chi connectivity index (χ2n) is 7.68. The quantitative estimate of drug-likeness (QED) is 0.644. The van der Waals surface area contributed by atoms with E-state index >= 15 is 0 Å². The van der Waals surface area contributed by atoms with Gasteiger partial charge in [0, 0.05) is 24.1 Å². The van der Waals surface area contributed by atoms with Crippen LogP contribution in [0, 0.1) is 17.8 Å². The number of hydrogen-bond acceptors (Lipinski definition) is 4. The number of rotatable bonds is 6. The van der Waals surface area contributed by atoms with Crippen LogP contribution < -0.4 is 16.8 Å². The van der Waals surface area contributed by atoms with E-state index in [9.17, 15) is 9.59 Å². The molecule has 2 aliphatic rings. The molecule has 0 aromatic heterocycles. The molecule has 1 saturated heterocycles. The molecule has 1 aliphatic carbocycles. The zero-order chi connectivity index (χ0) is 18.5. The molecule has 0 radical (unpaired) electrons. The highest BCUT2D eigenvalue weighted by Crippen LogP contribution is 2.32. The van der Waals surface area contributed by atoms with Crippen molar-refractivity contribution in [3.63, 3.8) is 0 Å². The molecule has 0 unspecified atom stereocenters. The molecule has 1 aromatic carbocycles. The lowest BCUT2D eigenvalue weighted by molar-refractivity contribution is -0.123. The van der Waals surface area contributed by atoms with E-state index in [-0.39, 0.29) is 48.5 Å². The summed E-state index contributed by atoms with van der Waals surface area (Å²) < 4.78 is 0. The van der Waals surface area contributed by atoms with E-state index in [4.69, 9.17) is 11.5 Å². The van der Waals surface area contributed by atoms with Gasteiger partial charge in [-0.1, -0.05) is 18.6 Å². The van der Waals surface area contributed by atoms with Crippen molar-refractivity contribution in [2.75, 3.05) is 25.0 Å². The first-order valence-corrected chi connectivity index (χ1v) is 9.68. The van der Waals surface area contributed by atoms with Crippen molar-refractivity contribution < 1.29 is 9.59 Å². The zero-order valence-electron chi connectivity index (χ0n) is 16.1.